The first-order valence-corrected chi connectivity index (χ1v) is 9.18. The molecule has 0 aliphatic heterocycles. The highest BCUT2D eigenvalue weighted by atomic mass is 127. The molecule has 1 saturated carbocycles. The van der Waals surface area contributed by atoms with Crippen LogP contribution < -0.4 is 10.6 Å². The molecule has 2 N–H and O–H groups in total. The Bertz CT molecular complexity index is 715. The minimum atomic E-state index is 0. The van der Waals surface area contributed by atoms with Gasteiger partial charge in [0.25, 0.3) is 0 Å². The maximum absolute atomic E-state index is 6.00. The fourth-order valence-electron chi connectivity index (χ4n) is 3.02. The summed E-state index contributed by atoms with van der Waals surface area (Å²) in [6.07, 6.45) is 7.00. The molecule has 0 bridgehead atoms. The van der Waals surface area contributed by atoms with Crippen LogP contribution in [0.5, 0.6) is 0 Å². The normalized spacial score (nSPS) is 15.4. The van der Waals surface area contributed by atoms with Crippen molar-refractivity contribution in [3.63, 3.8) is 0 Å². The number of nitrogens with zero attached hydrogens (tertiary/aromatic N) is 3. The highest BCUT2D eigenvalue weighted by Gasteiger charge is 2.14. The summed E-state index contributed by atoms with van der Waals surface area (Å²) in [4.78, 5) is 8.71. The Kier molecular flexibility index (Phi) is 8.64. The van der Waals surface area contributed by atoms with Gasteiger partial charge in [0.05, 0.1) is 0 Å². The fourth-order valence-corrected chi connectivity index (χ4v) is 3.21. The molecule has 1 aliphatic carbocycles. The van der Waals surface area contributed by atoms with Crippen molar-refractivity contribution >= 4 is 41.5 Å². The van der Waals surface area contributed by atoms with Gasteiger partial charge in [-0.2, -0.15) is 4.98 Å². The van der Waals surface area contributed by atoms with Crippen LogP contribution >= 0.6 is 35.6 Å². The van der Waals surface area contributed by atoms with Gasteiger partial charge in [0, 0.05) is 36.6 Å². The van der Waals surface area contributed by atoms with E-state index in [1.54, 1.807) is 7.05 Å². The lowest BCUT2D eigenvalue weighted by molar-refractivity contribution is 0.378. The number of aliphatic imine (C=N–C) groups is 1. The lowest BCUT2D eigenvalue weighted by Crippen LogP contribution is -2.44. The minimum Gasteiger partial charge on any atom is -0.356 e. The van der Waals surface area contributed by atoms with Crippen molar-refractivity contribution in [2.45, 2.75) is 44.6 Å². The van der Waals surface area contributed by atoms with Crippen LogP contribution in [0.15, 0.2) is 33.8 Å². The van der Waals surface area contributed by atoms with Crippen molar-refractivity contribution in [1.29, 1.82) is 0 Å². The second-order valence-electron chi connectivity index (χ2n) is 6.25. The average molecular weight is 490 g/mol. The standard InChI is InChI=1S/C18H24ClN5O.HI/c1-20-18(22-15-8-3-2-4-9-15)21-11-10-16-23-17(24-25-16)13-6-5-7-14(19)12-13;/h5-7,12,15H,2-4,8-11H2,1H3,(H2,20,21,22);1H. The number of hydrogen-bond acceptors (Lipinski definition) is 4. The number of nitrogens with one attached hydrogen (secondary N) is 2. The van der Waals surface area contributed by atoms with E-state index in [2.05, 4.69) is 25.8 Å². The number of hydrogen-bond donors (Lipinski definition) is 2. The molecule has 0 saturated heterocycles. The molecule has 0 radical (unpaired) electrons. The molecule has 0 unspecified atom stereocenters. The Balaban J connectivity index is 0.00000243. The second kappa shape index (κ2) is 10.7. The summed E-state index contributed by atoms with van der Waals surface area (Å²) >= 11 is 6.00. The van der Waals surface area contributed by atoms with Gasteiger partial charge in [-0.3, -0.25) is 4.99 Å². The molecular weight excluding hydrogens is 465 g/mol. The maximum atomic E-state index is 6.00. The van der Waals surface area contributed by atoms with E-state index >= 15 is 0 Å². The number of benzene rings is 1. The Morgan fingerprint density at radius 1 is 1.31 bits per heavy atom. The van der Waals surface area contributed by atoms with Crippen LogP contribution in [0.1, 0.15) is 38.0 Å². The van der Waals surface area contributed by atoms with E-state index in [0.29, 0.717) is 35.7 Å². The molecule has 1 heterocycles. The number of aromatic nitrogens is 2. The first-order chi connectivity index (χ1) is 12.2. The highest BCUT2D eigenvalue weighted by Crippen LogP contribution is 2.20. The van der Waals surface area contributed by atoms with E-state index in [1.807, 2.05) is 24.3 Å². The highest BCUT2D eigenvalue weighted by molar-refractivity contribution is 14.0. The third-order valence-electron chi connectivity index (χ3n) is 4.35. The molecule has 0 spiro atoms. The molecule has 0 amide bonds. The topological polar surface area (TPSA) is 75.3 Å². The molecule has 3 rings (SSSR count). The van der Waals surface area contributed by atoms with E-state index in [-0.39, 0.29) is 24.0 Å². The molecule has 26 heavy (non-hydrogen) atoms. The second-order valence-corrected chi connectivity index (χ2v) is 6.69. The monoisotopic (exact) mass is 489 g/mol. The summed E-state index contributed by atoms with van der Waals surface area (Å²) < 4.78 is 5.32. The lowest BCUT2D eigenvalue weighted by Gasteiger charge is -2.24. The smallest absolute Gasteiger partial charge is 0.228 e. The van der Waals surface area contributed by atoms with Crippen LogP contribution in [0.2, 0.25) is 5.02 Å². The van der Waals surface area contributed by atoms with Gasteiger partial charge >= 0.3 is 0 Å². The van der Waals surface area contributed by atoms with E-state index in [4.69, 9.17) is 16.1 Å². The van der Waals surface area contributed by atoms with Gasteiger partial charge in [-0.15, -0.1) is 24.0 Å². The van der Waals surface area contributed by atoms with Gasteiger partial charge in [0.2, 0.25) is 11.7 Å². The van der Waals surface area contributed by atoms with E-state index in [1.165, 1.54) is 32.1 Å². The molecule has 1 aliphatic rings. The average Bonchev–Trinajstić information content (AvgIpc) is 3.11. The number of guanidine groups is 1. The largest absolute Gasteiger partial charge is 0.356 e. The van der Waals surface area contributed by atoms with Crippen molar-refractivity contribution in [3.05, 3.63) is 35.2 Å². The van der Waals surface area contributed by atoms with Crippen LogP contribution in [0.3, 0.4) is 0 Å². The van der Waals surface area contributed by atoms with Crippen molar-refractivity contribution in [1.82, 2.24) is 20.8 Å². The third-order valence-corrected chi connectivity index (χ3v) is 4.59. The van der Waals surface area contributed by atoms with Crippen LogP contribution in [0.4, 0.5) is 0 Å². The lowest BCUT2D eigenvalue weighted by atomic mass is 9.96. The summed E-state index contributed by atoms with van der Waals surface area (Å²) in [7, 11) is 1.79. The number of rotatable bonds is 5. The summed E-state index contributed by atoms with van der Waals surface area (Å²) in [5.74, 6) is 1.99. The Morgan fingerprint density at radius 3 is 2.85 bits per heavy atom. The molecule has 0 atom stereocenters. The van der Waals surface area contributed by atoms with Gasteiger partial charge in [0.15, 0.2) is 5.96 Å². The fraction of sp³-hybridized carbons (Fsp3) is 0.500. The molecule has 1 aromatic heterocycles. The zero-order valence-corrected chi connectivity index (χ0v) is 18.0. The Hall–Kier alpha value is -1.35. The Labute approximate surface area is 176 Å². The molecule has 8 heteroatoms. The van der Waals surface area contributed by atoms with Gasteiger partial charge in [-0.25, -0.2) is 0 Å². The van der Waals surface area contributed by atoms with Gasteiger partial charge in [-0.1, -0.05) is 48.2 Å². The van der Waals surface area contributed by atoms with E-state index in [9.17, 15) is 0 Å². The summed E-state index contributed by atoms with van der Waals surface area (Å²) in [6, 6.07) is 7.95. The van der Waals surface area contributed by atoms with E-state index in [0.717, 1.165) is 11.5 Å². The van der Waals surface area contributed by atoms with Crippen LogP contribution in [0, 0.1) is 0 Å². The van der Waals surface area contributed by atoms with Gasteiger partial charge in [0.1, 0.15) is 0 Å². The molecule has 1 fully saturated rings. The first kappa shape index (κ1) is 21.0. The van der Waals surface area contributed by atoms with Crippen molar-refractivity contribution in [2.75, 3.05) is 13.6 Å². The quantitative estimate of drug-likeness (QED) is 0.376. The Morgan fingerprint density at radius 2 is 2.12 bits per heavy atom. The summed E-state index contributed by atoms with van der Waals surface area (Å²) in [5, 5.41) is 11.5. The zero-order chi connectivity index (χ0) is 17.5. The molecule has 1 aromatic carbocycles. The molecule has 2 aromatic rings. The SMILES string of the molecule is CN=C(NCCc1nc(-c2cccc(Cl)c2)no1)NC1CCCCC1.I. The maximum Gasteiger partial charge on any atom is 0.228 e. The van der Waals surface area contributed by atoms with Crippen LogP contribution in [-0.4, -0.2) is 35.7 Å². The summed E-state index contributed by atoms with van der Waals surface area (Å²) in [5.41, 5.74) is 0.852. The first-order valence-electron chi connectivity index (χ1n) is 8.80. The van der Waals surface area contributed by atoms with Crippen LogP contribution in [-0.2, 0) is 6.42 Å². The van der Waals surface area contributed by atoms with Crippen molar-refractivity contribution < 1.29 is 4.52 Å². The molecule has 6 nitrogen and oxygen atoms in total. The predicted molar refractivity (Wildman–Crippen MR) is 115 cm³/mol. The minimum absolute atomic E-state index is 0. The third kappa shape index (κ3) is 6.12. The zero-order valence-electron chi connectivity index (χ0n) is 14.9. The van der Waals surface area contributed by atoms with Gasteiger partial charge in [-0.05, 0) is 25.0 Å². The van der Waals surface area contributed by atoms with Crippen molar-refractivity contribution in [3.8, 4) is 11.4 Å². The van der Waals surface area contributed by atoms with Gasteiger partial charge < -0.3 is 15.2 Å². The number of halogens is 2. The van der Waals surface area contributed by atoms with E-state index < -0.39 is 0 Å². The van der Waals surface area contributed by atoms with Crippen molar-refractivity contribution in [2.24, 2.45) is 4.99 Å². The van der Waals surface area contributed by atoms with Crippen LogP contribution in [0.25, 0.3) is 11.4 Å². The summed E-state index contributed by atoms with van der Waals surface area (Å²) in [6.45, 7) is 0.684. The predicted octanol–water partition coefficient (Wildman–Crippen LogP) is 4.05. The molecular formula is C18H25ClIN5O. The molecule has 142 valence electrons.